The molecule has 0 saturated carbocycles. The minimum Gasteiger partial charge on any atom is -0.381 e. The first-order valence-electron chi connectivity index (χ1n) is 7.63. The van der Waals surface area contributed by atoms with Gasteiger partial charge in [0.1, 0.15) is 6.04 Å². The van der Waals surface area contributed by atoms with Crippen LogP contribution in [0.4, 0.5) is 4.79 Å². The summed E-state index contributed by atoms with van der Waals surface area (Å²) in [5.41, 5.74) is 3.24. The predicted molar refractivity (Wildman–Crippen MR) is 79.8 cm³/mol. The minimum atomic E-state index is -0.672. The van der Waals surface area contributed by atoms with Crippen molar-refractivity contribution in [2.75, 3.05) is 33.0 Å². The summed E-state index contributed by atoms with van der Waals surface area (Å²) in [7, 11) is 0. The number of hydroxylamine groups is 3. The summed E-state index contributed by atoms with van der Waals surface area (Å²) in [5, 5.41) is 1.30. The van der Waals surface area contributed by atoms with Gasteiger partial charge in [-0.2, -0.15) is 5.06 Å². The van der Waals surface area contributed by atoms with Crippen LogP contribution in [0.3, 0.4) is 0 Å². The lowest BCUT2D eigenvalue weighted by molar-refractivity contribution is -0.144. The average molecular weight is 323 g/mol. The number of urea groups is 1. The Hall–Kier alpha value is -1.90. The van der Waals surface area contributed by atoms with Crippen LogP contribution < -0.4 is 5.48 Å². The lowest BCUT2D eigenvalue weighted by Gasteiger charge is -2.29. The Morgan fingerprint density at radius 3 is 3.00 bits per heavy atom. The Bertz CT molecular complexity index is 531. The molecule has 126 valence electrons. The standard InChI is InChI=1S/C15H21N3O5/c1-3-4-23-18-12-5-10(2)13(17(6-12)15(18)20)14(19)16-22-9-11-7-21-8-11/h3,5,11-13H,1,4,6-9H2,2H3,(H,16,19)/t12-,13+/m1/s1. The summed E-state index contributed by atoms with van der Waals surface area (Å²) in [6, 6.07) is -1.18. The van der Waals surface area contributed by atoms with Crippen molar-refractivity contribution in [1.82, 2.24) is 15.4 Å². The number of amides is 3. The van der Waals surface area contributed by atoms with E-state index in [4.69, 9.17) is 14.4 Å². The van der Waals surface area contributed by atoms with E-state index in [1.165, 1.54) is 9.96 Å². The van der Waals surface area contributed by atoms with Crippen LogP contribution in [0.5, 0.6) is 0 Å². The first-order chi connectivity index (χ1) is 11.1. The van der Waals surface area contributed by atoms with E-state index >= 15 is 0 Å². The molecular formula is C15H21N3O5. The van der Waals surface area contributed by atoms with Gasteiger partial charge in [0.15, 0.2) is 0 Å². The molecule has 3 heterocycles. The molecule has 2 bridgehead atoms. The molecule has 23 heavy (non-hydrogen) atoms. The molecule has 0 unspecified atom stereocenters. The SMILES string of the molecule is C=CCON1C(=O)N2C[C@H]1C=C(C)[C@H]2C(=O)NOCC1COC1. The number of nitrogens with zero attached hydrogens (tertiary/aromatic N) is 2. The highest BCUT2D eigenvalue weighted by Gasteiger charge is 2.47. The molecule has 0 aliphatic carbocycles. The Balaban J connectivity index is 1.60. The Morgan fingerprint density at radius 1 is 1.57 bits per heavy atom. The smallest absolute Gasteiger partial charge is 0.345 e. The van der Waals surface area contributed by atoms with E-state index in [0.717, 1.165) is 5.57 Å². The van der Waals surface area contributed by atoms with Crippen molar-refractivity contribution < 1.29 is 24.0 Å². The Kier molecular flexibility index (Phi) is 4.65. The number of fused-ring (bicyclic) bond motifs is 2. The van der Waals surface area contributed by atoms with Gasteiger partial charge in [-0.3, -0.25) is 14.5 Å². The lowest BCUT2D eigenvalue weighted by Crippen LogP contribution is -2.50. The van der Waals surface area contributed by atoms with Gasteiger partial charge >= 0.3 is 6.03 Å². The van der Waals surface area contributed by atoms with Crippen LogP contribution in [0, 0.1) is 5.92 Å². The van der Waals surface area contributed by atoms with E-state index in [0.29, 0.717) is 32.3 Å². The predicted octanol–water partition coefficient (Wildman–Crippen LogP) is 0.233. The molecule has 3 rings (SSSR count). The van der Waals surface area contributed by atoms with Crippen molar-refractivity contribution in [3.8, 4) is 0 Å². The fourth-order valence-corrected chi connectivity index (χ4v) is 2.90. The second-order valence-corrected chi connectivity index (χ2v) is 5.91. The molecular weight excluding hydrogens is 302 g/mol. The molecule has 2 saturated heterocycles. The number of nitrogens with one attached hydrogen (secondary N) is 1. The van der Waals surface area contributed by atoms with Crippen molar-refractivity contribution in [2.24, 2.45) is 5.92 Å². The zero-order chi connectivity index (χ0) is 16.4. The molecule has 0 aromatic carbocycles. The van der Waals surface area contributed by atoms with Crippen LogP contribution in [0.2, 0.25) is 0 Å². The molecule has 2 atom stereocenters. The zero-order valence-corrected chi connectivity index (χ0v) is 13.1. The fourth-order valence-electron chi connectivity index (χ4n) is 2.90. The molecule has 1 N–H and O–H groups in total. The third kappa shape index (κ3) is 3.10. The second-order valence-electron chi connectivity index (χ2n) is 5.91. The molecule has 0 radical (unpaired) electrons. The van der Waals surface area contributed by atoms with Crippen molar-refractivity contribution in [1.29, 1.82) is 0 Å². The number of hydrogen-bond donors (Lipinski definition) is 1. The van der Waals surface area contributed by atoms with Crippen molar-refractivity contribution in [3.05, 3.63) is 24.3 Å². The monoisotopic (exact) mass is 323 g/mol. The highest BCUT2D eigenvalue weighted by atomic mass is 16.7. The number of carbonyl (C=O) groups is 2. The van der Waals surface area contributed by atoms with Crippen LogP contribution >= 0.6 is 0 Å². The van der Waals surface area contributed by atoms with Gasteiger partial charge in [-0.05, 0) is 12.5 Å². The van der Waals surface area contributed by atoms with E-state index in [2.05, 4.69) is 12.1 Å². The van der Waals surface area contributed by atoms with Gasteiger partial charge in [-0.15, -0.1) is 6.58 Å². The normalized spacial score (nSPS) is 26.8. The summed E-state index contributed by atoms with van der Waals surface area (Å²) >= 11 is 0. The van der Waals surface area contributed by atoms with Crippen LogP contribution in [0.25, 0.3) is 0 Å². The van der Waals surface area contributed by atoms with E-state index in [9.17, 15) is 9.59 Å². The van der Waals surface area contributed by atoms with Crippen LogP contribution in [0.1, 0.15) is 6.92 Å². The Labute approximate surface area is 134 Å². The van der Waals surface area contributed by atoms with Gasteiger partial charge in [-0.25, -0.2) is 10.3 Å². The maximum absolute atomic E-state index is 12.4. The van der Waals surface area contributed by atoms with E-state index in [1.807, 2.05) is 13.0 Å². The topological polar surface area (TPSA) is 80.3 Å². The molecule has 3 amide bonds. The van der Waals surface area contributed by atoms with Gasteiger partial charge in [0.25, 0.3) is 5.91 Å². The highest BCUT2D eigenvalue weighted by molar-refractivity contribution is 5.91. The number of rotatable bonds is 7. The Morgan fingerprint density at radius 2 is 2.35 bits per heavy atom. The maximum Gasteiger partial charge on any atom is 0.345 e. The number of hydrogen-bond acceptors (Lipinski definition) is 5. The molecule has 3 aliphatic heterocycles. The molecule has 3 aliphatic rings. The first kappa shape index (κ1) is 16.0. The lowest BCUT2D eigenvalue weighted by atomic mass is 10.0. The second kappa shape index (κ2) is 6.69. The van der Waals surface area contributed by atoms with Crippen LogP contribution in [-0.4, -0.2) is 67.0 Å². The zero-order valence-electron chi connectivity index (χ0n) is 13.1. The van der Waals surface area contributed by atoms with Gasteiger partial charge in [0, 0.05) is 5.92 Å². The van der Waals surface area contributed by atoms with Gasteiger partial charge in [0.05, 0.1) is 39.0 Å². The molecule has 8 heteroatoms. The van der Waals surface area contributed by atoms with Crippen molar-refractivity contribution >= 4 is 11.9 Å². The molecule has 2 fully saturated rings. The number of ether oxygens (including phenoxy) is 1. The molecule has 0 aromatic heterocycles. The van der Waals surface area contributed by atoms with E-state index in [-0.39, 0.29) is 24.6 Å². The van der Waals surface area contributed by atoms with Gasteiger partial charge in [-0.1, -0.05) is 12.2 Å². The first-order valence-corrected chi connectivity index (χ1v) is 7.63. The molecule has 8 nitrogen and oxygen atoms in total. The number of carbonyl (C=O) groups excluding carboxylic acids is 2. The summed E-state index contributed by atoms with van der Waals surface area (Å²) in [6.45, 7) is 7.77. The van der Waals surface area contributed by atoms with E-state index < -0.39 is 6.04 Å². The van der Waals surface area contributed by atoms with Gasteiger partial charge in [0.2, 0.25) is 0 Å². The van der Waals surface area contributed by atoms with Crippen LogP contribution in [0.15, 0.2) is 24.3 Å². The average Bonchev–Trinajstić information content (AvgIpc) is 2.72. The summed E-state index contributed by atoms with van der Waals surface area (Å²) < 4.78 is 5.04. The van der Waals surface area contributed by atoms with E-state index in [1.54, 1.807) is 6.08 Å². The van der Waals surface area contributed by atoms with Crippen LogP contribution in [-0.2, 0) is 19.2 Å². The summed E-state index contributed by atoms with van der Waals surface area (Å²) in [4.78, 5) is 36.9. The minimum absolute atomic E-state index is 0.181. The largest absolute Gasteiger partial charge is 0.381 e. The molecule has 0 spiro atoms. The fraction of sp³-hybridized carbons (Fsp3) is 0.600. The van der Waals surface area contributed by atoms with Crippen molar-refractivity contribution in [3.63, 3.8) is 0 Å². The molecule has 0 aromatic rings. The maximum atomic E-state index is 12.4. The van der Waals surface area contributed by atoms with Crippen molar-refractivity contribution in [2.45, 2.75) is 19.0 Å². The third-order valence-corrected chi connectivity index (χ3v) is 4.10. The summed E-state index contributed by atoms with van der Waals surface area (Å²) in [6.07, 6.45) is 3.46. The highest BCUT2D eigenvalue weighted by Crippen LogP contribution is 2.29. The summed E-state index contributed by atoms with van der Waals surface area (Å²) in [5.74, 6) is -0.0322. The third-order valence-electron chi connectivity index (χ3n) is 4.10. The van der Waals surface area contributed by atoms with Gasteiger partial charge < -0.3 is 9.64 Å². The quantitative estimate of drug-likeness (QED) is 0.536.